The summed E-state index contributed by atoms with van der Waals surface area (Å²) >= 11 is 0. The summed E-state index contributed by atoms with van der Waals surface area (Å²) in [5, 5.41) is 5.71. The van der Waals surface area contributed by atoms with Crippen LogP contribution in [0.3, 0.4) is 0 Å². The van der Waals surface area contributed by atoms with E-state index in [1.54, 1.807) is 48.5 Å². The Labute approximate surface area is 176 Å². The van der Waals surface area contributed by atoms with Crippen LogP contribution in [0.1, 0.15) is 33.6 Å². The van der Waals surface area contributed by atoms with E-state index in [1.165, 1.54) is 0 Å². The van der Waals surface area contributed by atoms with E-state index in [-0.39, 0.29) is 29.4 Å². The summed E-state index contributed by atoms with van der Waals surface area (Å²) in [6, 6.07) is 14.9. The number of nitrogens with one attached hydrogen (secondary N) is 2. The summed E-state index contributed by atoms with van der Waals surface area (Å²) in [5.41, 5.74) is 1.56. The minimum atomic E-state index is -3.16. The van der Waals surface area contributed by atoms with Crippen molar-refractivity contribution in [2.45, 2.75) is 24.9 Å². The zero-order valence-electron chi connectivity index (χ0n) is 16.6. The number of anilines is 1. The van der Waals surface area contributed by atoms with Crippen molar-refractivity contribution in [1.82, 2.24) is 10.2 Å². The van der Waals surface area contributed by atoms with Gasteiger partial charge < -0.3 is 10.6 Å². The molecule has 4 rings (SSSR count). The van der Waals surface area contributed by atoms with Crippen LogP contribution in [0.2, 0.25) is 0 Å². The van der Waals surface area contributed by atoms with Gasteiger partial charge in [-0.25, -0.2) is 8.42 Å². The van der Waals surface area contributed by atoms with Gasteiger partial charge in [0.15, 0.2) is 9.84 Å². The lowest BCUT2D eigenvalue weighted by Crippen LogP contribution is -2.50. The number of hydrogen-bond donors (Lipinski definition) is 2. The van der Waals surface area contributed by atoms with Crippen LogP contribution < -0.4 is 10.6 Å². The van der Waals surface area contributed by atoms with Gasteiger partial charge in [-0.2, -0.15) is 0 Å². The maximum absolute atomic E-state index is 12.7. The molecule has 2 heterocycles. The third kappa shape index (κ3) is 4.71. The minimum Gasteiger partial charge on any atom is -0.347 e. The van der Waals surface area contributed by atoms with Crippen LogP contribution in [0.4, 0.5) is 5.69 Å². The third-order valence-corrected chi connectivity index (χ3v) is 7.41. The Morgan fingerprint density at radius 1 is 0.833 bits per heavy atom. The van der Waals surface area contributed by atoms with Crippen molar-refractivity contribution in [1.29, 1.82) is 0 Å². The fourth-order valence-corrected chi connectivity index (χ4v) is 6.10. The lowest BCUT2D eigenvalue weighted by atomic mass is 10.1. The summed E-state index contributed by atoms with van der Waals surface area (Å²) in [5.74, 6) is -0.451. The van der Waals surface area contributed by atoms with Gasteiger partial charge in [-0.05, 0) is 62.3 Å². The van der Waals surface area contributed by atoms with Crippen LogP contribution in [-0.2, 0) is 9.84 Å². The minimum absolute atomic E-state index is 0.0227. The molecule has 2 aromatic carbocycles. The average Bonchev–Trinajstić information content (AvgIpc) is 3.36. The van der Waals surface area contributed by atoms with Crippen molar-refractivity contribution in [2.75, 3.05) is 29.9 Å². The Morgan fingerprint density at radius 2 is 1.47 bits per heavy atom. The second-order valence-electron chi connectivity index (χ2n) is 7.86. The van der Waals surface area contributed by atoms with E-state index in [0.717, 1.165) is 25.9 Å². The highest BCUT2D eigenvalue weighted by molar-refractivity contribution is 7.91. The number of hydrogen-bond acceptors (Lipinski definition) is 5. The zero-order valence-corrected chi connectivity index (χ0v) is 17.4. The van der Waals surface area contributed by atoms with E-state index in [1.807, 2.05) is 6.07 Å². The van der Waals surface area contributed by atoms with Crippen LogP contribution in [0.25, 0.3) is 0 Å². The Hall–Kier alpha value is -2.71. The van der Waals surface area contributed by atoms with E-state index in [0.29, 0.717) is 16.8 Å². The number of nitrogens with zero attached hydrogens (tertiary/aromatic N) is 1. The molecule has 2 unspecified atom stereocenters. The average molecular weight is 428 g/mol. The van der Waals surface area contributed by atoms with E-state index >= 15 is 0 Å². The number of likely N-dealkylation sites (tertiary alicyclic amines) is 1. The summed E-state index contributed by atoms with van der Waals surface area (Å²) in [6.07, 6.45) is 2.13. The first-order chi connectivity index (χ1) is 14.4. The molecule has 2 aliphatic heterocycles. The fraction of sp³-hybridized carbons (Fsp3) is 0.364. The lowest BCUT2D eigenvalue weighted by Gasteiger charge is -2.28. The van der Waals surface area contributed by atoms with Crippen LogP contribution in [0.15, 0.2) is 54.6 Å². The van der Waals surface area contributed by atoms with Crippen molar-refractivity contribution in [3.05, 3.63) is 65.7 Å². The maximum atomic E-state index is 12.7. The van der Waals surface area contributed by atoms with Crippen LogP contribution in [-0.4, -0.2) is 61.8 Å². The normalized spacial score (nSPS) is 23.2. The molecule has 158 valence electrons. The van der Waals surface area contributed by atoms with Gasteiger partial charge in [-0.15, -0.1) is 0 Å². The molecule has 2 saturated heterocycles. The molecule has 2 fully saturated rings. The molecule has 2 aromatic rings. The molecule has 8 heteroatoms. The molecule has 0 aliphatic carbocycles. The molecule has 2 atom stereocenters. The molecule has 2 N–H and O–H groups in total. The molecular weight excluding hydrogens is 402 g/mol. The molecule has 0 saturated carbocycles. The molecule has 30 heavy (non-hydrogen) atoms. The SMILES string of the molecule is O=C(Nc1ccc(C(=O)NC2CS(=O)(=O)CC2N2CCCC2)cc1)c1ccccc1. The first-order valence-electron chi connectivity index (χ1n) is 10.1. The smallest absolute Gasteiger partial charge is 0.255 e. The van der Waals surface area contributed by atoms with Crippen LogP contribution in [0, 0.1) is 0 Å². The highest BCUT2D eigenvalue weighted by Crippen LogP contribution is 2.23. The van der Waals surface area contributed by atoms with Crippen molar-refractivity contribution < 1.29 is 18.0 Å². The van der Waals surface area contributed by atoms with Crippen molar-refractivity contribution in [3.8, 4) is 0 Å². The highest BCUT2D eigenvalue weighted by atomic mass is 32.2. The van der Waals surface area contributed by atoms with Crippen LogP contribution >= 0.6 is 0 Å². The topological polar surface area (TPSA) is 95.6 Å². The predicted molar refractivity (Wildman–Crippen MR) is 115 cm³/mol. The van der Waals surface area contributed by atoms with Gasteiger partial charge in [0.25, 0.3) is 11.8 Å². The van der Waals surface area contributed by atoms with Gasteiger partial charge in [0.2, 0.25) is 0 Å². The number of carbonyl (C=O) groups is 2. The monoisotopic (exact) mass is 427 g/mol. The molecule has 2 amide bonds. The summed E-state index contributed by atoms with van der Waals surface area (Å²) in [4.78, 5) is 27.1. The van der Waals surface area contributed by atoms with Gasteiger partial charge in [-0.1, -0.05) is 18.2 Å². The maximum Gasteiger partial charge on any atom is 0.255 e. The van der Waals surface area contributed by atoms with E-state index < -0.39 is 15.9 Å². The largest absolute Gasteiger partial charge is 0.347 e. The lowest BCUT2D eigenvalue weighted by molar-refractivity contribution is 0.0918. The second kappa shape index (κ2) is 8.57. The van der Waals surface area contributed by atoms with Crippen molar-refractivity contribution in [2.24, 2.45) is 0 Å². The number of amides is 2. The zero-order chi connectivity index (χ0) is 21.1. The van der Waals surface area contributed by atoms with E-state index in [4.69, 9.17) is 0 Å². The summed E-state index contributed by atoms with van der Waals surface area (Å²) < 4.78 is 24.3. The Kier molecular flexibility index (Phi) is 5.87. The quantitative estimate of drug-likeness (QED) is 0.760. The van der Waals surface area contributed by atoms with E-state index in [2.05, 4.69) is 15.5 Å². The van der Waals surface area contributed by atoms with Gasteiger partial charge in [0.05, 0.1) is 17.5 Å². The molecular formula is C22H25N3O4S. The van der Waals surface area contributed by atoms with Gasteiger partial charge in [-0.3, -0.25) is 14.5 Å². The summed E-state index contributed by atoms with van der Waals surface area (Å²) in [7, 11) is -3.16. The number of sulfone groups is 1. The first-order valence-corrected chi connectivity index (χ1v) is 12.0. The van der Waals surface area contributed by atoms with Crippen molar-refractivity contribution >= 4 is 27.3 Å². The molecule has 7 nitrogen and oxygen atoms in total. The van der Waals surface area contributed by atoms with Gasteiger partial charge >= 0.3 is 0 Å². The fourth-order valence-electron chi connectivity index (χ4n) is 4.15. The first kappa shape index (κ1) is 20.6. The van der Waals surface area contributed by atoms with Gasteiger partial charge in [0.1, 0.15) is 0 Å². The Bertz CT molecular complexity index is 1020. The highest BCUT2D eigenvalue weighted by Gasteiger charge is 2.42. The number of benzene rings is 2. The van der Waals surface area contributed by atoms with Gasteiger partial charge in [0, 0.05) is 22.9 Å². The van der Waals surface area contributed by atoms with Crippen molar-refractivity contribution in [3.63, 3.8) is 0 Å². The molecule has 0 bridgehead atoms. The molecule has 2 aliphatic rings. The second-order valence-corrected chi connectivity index (χ2v) is 10.0. The van der Waals surface area contributed by atoms with Crippen LogP contribution in [0.5, 0.6) is 0 Å². The molecule has 0 radical (unpaired) electrons. The number of rotatable bonds is 5. The Morgan fingerprint density at radius 3 is 2.13 bits per heavy atom. The standard InChI is InChI=1S/C22H25N3O4S/c26-21(16-6-2-1-3-7-16)23-18-10-8-17(9-11-18)22(27)24-19-14-30(28,29)15-20(19)25-12-4-5-13-25/h1-3,6-11,19-20H,4-5,12-15H2,(H,23,26)(H,24,27). The third-order valence-electron chi connectivity index (χ3n) is 5.69. The molecule has 0 spiro atoms. The van der Waals surface area contributed by atoms with E-state index in [9.17, 15) is 18.0 Å². The molecule has 0 aromatic heterocycles. The Balaban J connectivity index is 1.40. The summed E-state index contributed by atoms with van der Waals surface area (Å²) in [6.45, 7) is 1.75. The number of carbonyl (C=O) groups excluding carboxylic acids is 2. The predicted octanol–water partition coefficient (Wildman–Crippen LogP) is 1.93.